The number of aldehydes is 1. The number of Topliss-reactive ketones (excluding diaryl/α,β-unsaturated/α-hetero) is 1. The highest BCUT2D eigenvalue weighted by molar-refractivity contribution is 6.31. The molecule has 0 aliphatic carbocycles. The van der Waals surface area contributed by atoms with Crippen LogP contribution in [0.4, 0.5) is 10.5 Å². The first-order valence-electron chi connectivity index (χ1n) is 14.7. The van der Waals surface area contributed by atoms with Crippen LogP contribution >= 0.6 is 11.6 Å². The van der Waals surface area contributed by atoms with E-state index in [2.05, 4.69) is 10.6 Å². The van der Waals surface area contributed by atoms with Gasteiger partial charge in [0.05, 0.1) is 7.11 Å². The Morgan fingerprint density at radius 2 is 1.65 bits per heavy atom. The van der Waals surface area contributed by atoms with Crippen LogP contribution in [-0.2, 0) is 32.0 Å². The maximum Gasteiger partial charge on any atom is 0.407 e. The van der Waals surface area contributed by atoms with E-state index < -0.39 is 17.7 Å². The van der Waals surface area contributed by atoms with Gasteiger partial charge in [-0.15, -0.1) is 0 Å². The molecule has 1 atom stereocenters. The van der Waals surface area contributed by atoms with Gasteiger partial charge >= 0.3 is 6.09 Å². The van der Waals surface area contributed by atoms with Crippen LogP contribution in [0.25, 0.3) is 5.57 Å². The Balaban J connectivity index is 1.93. The van der Waals surface area contributed by atoms with Crippen LogP contribution in [-0.4, -0.2) is 54.8 Å². The summed E-state index contributed by atoms with van der Waals surface area (Å²) in [5.74, 6) is -0.263. The number of nitrogens with zero attached hydrogens (tertiary/aromatic N) is 1. The first-order valence-corrected chi connectivity index (χ1v) is 15.0. The van der Waals surface area contributed by atoms with Gasteiger partial charge in [-0.3, -0.25) is 14.4 Å². The fraction of sp³-hybridized carbons (Fsp3) is 0.278. The molecule has 0 spiro atoms. The zero-order chi connectivity index (χ0) is 33.9. The van der Waals surface area contributed by atoms with Gasteiger partial charge in [-0.1, -0.05) is 54.1 Å². The van der Waals surface area contributed by atoms with E-state index in [-0.39, 0.29) is 24.0 Å². The molecule has 3 aromatic carbocycles. The Bertz CT molecular complexity index is 1610. The van der Waals surface area contributed by atoms with E-state index in [4.69, 9.17) is 21.1 Å². The largest absolute Gasteiger partial charge is 0.495 e. The first kappa shape index (κ1) is 35.6. The lowest BCUT2D eigenvalue weighted by atomic mass is 9.95. The third-order valence-electron chi connectivity index (χ3n) is 6.79. The minimum atomic E-state index is -0.722. The molecule has 3 aromatic rings. The second-order valence-electron chi connectivity index (χ2n) is 11.6. The van der Waals surface area contributed by atoms with Gasteiger partial charge < -0.3 is 25.0 Å². The number of hydrogen-bond acceptors (Lipinski definition) is 7. The van der Waals surface area contributed by atoms with Crippen molar-refractivity contribution in [3.8, 4) is 0 Å². The number of carbonyl (C=O) groups excluding carboxylic acids is 4. The van der Waals surface area contributed by atoms with Gasteiger partial charge in [0.1, 0.15) is 23.7 Å². The molecule has 0 aliphatic rings. The predicted octanol–water partition coefficient (Wildman–Crippen LogP) is 6.82. The minimum Gasteiger partial charge on any atom is -0.495 e. The number of carbonyl (C=O) groups is 4. The molecule has 0 aliphatic heterocycles. The van der Waals surface area contributed by atoms with Crippen molar-refractivity contribution in [3.63, 3.8) is 0 Å². The average Bonchev–Trinajstić information content (AvgIpc) is 3.00. The van der Waals surface area contributed by atoms with Crippen LogP contribution in [0.1, 0.15) is 54.7 Å². The van der Waals surface area contributed by atoms with Crippen molar-refractivity contribution >= 4 is 46.9 Å². The Morgan fingerprint density at radius 1 is 0.957 bits per heavy atom. The molecule has 0 bridgehead atoms. The lowest BCUT2D eigenvalue weighted by molar-refractivity contribution is -0.120. The van der Waals surface area contributed by atoms with Crippen molar-refractivity contribution in [3.05, 3.63) is 118 Å². The van der Waals surface area contributed by atoms with Crippen molar-refractivity contribution in [2.75, 3.05) is 19.5 Å². The van der Waals surface area contributed by atoms with Gasteiger partial charge in [0, 0.05) is 48.1 Å². The molecular weight excluding hydrogens is 606 g/mol. The highest BCUT2D eigenvalue weighted by Gasteiger charge is 2.25. The van der Waals surface area contributed by atoms with Gasteiger partial charge in [0.2, 0.25) is 5.91 Å². The molecule has 2 amide bonds. The summed E-state index contributed by atoms with van der Waals surface area (Å²) in [4.78, 5) is 51.9. The van der Waals surface area contributed by atoms with Crippen molar-refractivity contribution in [2.45, 2.75) is 52.3 Å². The van der Waals surface area contributed by atoms with E-state index in [0.29, 0.717) is 40.1 Å². The predicted molar refractivity (Wildman–Crippen MR) is 180 cm³/mol. The zero-order valence-electron chi connectivity index (χ0n) is 26.9. The molecule has 242 valence electrons. The molecule has 1 unspecified atom stereocenters. The molecular formula is C36H40ClN3O6. The van der Waals surface area contributed by atoms with Crippen LogP contribution in [0.15, 0.2) is 90.8 Å². The maximum atomic E-state index is 13.9. The molecule has 0 fully saturated rings. The number of nitrogens with one attached hydrogen (secondary N) is 2. The third kappa shape index (κ3) is 10.6. The molecule has 0 aromatic heterocycles. The Morgan fingerprint density at radius 3 is 2.28 bits per heavy atom. The van der Waals surface area contributed by atoms with E-state index in [9.17, 15) is 19.2 Å². The van der Waals surface area contributed by atoms with E-state index in [1.807, 2.05) is 36.4 Å². The number of methoxy groups -OCH3 is 1. The van der Waals surface area contributed by atoms with Crippen molar-refractivity contribution in [1.29, 1.82) is 0 Å². The van der Waals surface area contributed by atoms with Gasteiger partial charge in [0.25, 0.3) is 0 Å². The lowest BCUT2D eigenvalue weighted by Gasteiger charge is -2.27. The number of ether oxygens (including phenoxy) is 2. The highest BCUT2D eigenvalue weighted by Crippen LogP contribution is 2.30. The van der Waals surface area contributed by atoms with Crippen LogP contribution in [0.3, 0.4) is 0 Å². The summed E-state index contributed by atoms with van der Waals surface area (Å²) in [6.07, 6.45) is 3.33. The van der Waals surface area contributed by atoms with Crippen LogP contribution in [0.5, 0.6) is 0 Å². The van der Waals surface area contributed by atoms with Crippen molar-refractivity contribution in [2.24, 2.45) is 0 Å². The topological polar surface area (TPSA) is 114 Å². The number of hydrogen-bond donors (Lipinski definition) is 2. The zero-order valence-corrected chi connectivity index (χ0v) is 27.7. The quantitative estimate of drug-likeness (QED) is 0.0689. The van der Waals surface area contributed by atoms with E-state index >= 15 is 0 Å². The van der Waals surface area contributed by atoms with Crippen molar-refractivity contribution in [1.82, 2.24) is 10.2 Å². The average molecular weight is 646 g/mol. The highest BCUT2D eigenvalue weighted by atomic mass is 35.5. The van der Waals surface area contributed by atoms with Crippen LogP contribution in [0.2, 0.25) is 5.02 Å². The van der Waals surface area contributed by atoms with E-state index in [1.54, 1.807) is 75.3 Å². The first-order chi connectivity index (χ1) is 21.8. The van der Waals surface area contributed by atoms with Crippen molar-refractivity contribution < 1.29 is 28.7 Å². The molecule has 9 nitrogen and oxygen atoms in total. The minimum absolute atomic E-state index is 0.211. The number of benzene rings is 3. The molecule has 46 heavy (non-hydrogen) atoms. The summed E-state index contributed by atoms with van der Waals surface area (Å²) >= 11 is 6.27. The Hall–Kier alpha value is -4.89. The monoisotopic (exact) mass is 645 g/mol. The molecule has 0 saturated heterocycles. The number of allylic oxidation sites excluding steroid dienone is 2. The fourth-order valence-electron chi connectivity index (χ4n) is 4.66. The third-order valence-corrected chi connectivity index (χ3v) is 7.02. The molecule has 0 radical (unpaired) electrons. The Labute approximate surface area is 275 Å². The summed E-state index contributed by atoms with van der Waals surface area (Å²) in [7, 11) is 3.18. The number of ketones is 1. The molecule has 3 rings (SSSR count). The number of amides is 2. The summed E-state index contributed by atoms with van der Waals surface area (Å²) in [5, 5.41) is 6.09. The SMILES string of the molecule is COC(=C/N(C)C(Cc1ccccc1)C(=O)Nc1cccc(CNC(=O)OC(C)(C)C)c1)/C(=C\C=O)c1cc(Cl)ccc1C(C)=O. The second-order valence-corrected chi connectivity index (χ2v) is 12.0. The summed E-state index contributed by atoms with van der Waals surface area (Å²) in [6, 6.07) is 20.8. The fourth-order valence-corrected chi connectivity index (χ4v) is 4.83. The van der Waals surface area contributed by atoms with Crippen LogP contribution < -0.4 is 10.6 Å². The summed E-state index contributed by atoms with van der Waals surface area (Å²) in [6.45, 7) is 7.00. The van der Waals surface area contributed by atoms with E-state index in [0.717, 1.165) is 11.1 Å². The molecule has 10 heteroatoms. The van der Waals surface area contributed by atoms with Gasteiger partial charge in [-0.05, 0) is 80.8 Å². The molecule has 0 heterocycles. The lowest BCUT2D eigenvalue weighted by Crippen LogP contribution is -2.41. The smallest absolute Gasteiger partial charge is 0.407 e. The molecule has 0 saturated carbocycles. The van der Waals surface area contributed by atoms with Crippen LogP contribution in [0, 0.1) is 0 Å². The maximum absolute atomic E-state index is 13.9. The number of halogens is 1. The number of anilines is 1. The molecule has 2 N–H and O–H groups in total. The normalized spacial score (nSPS) is 12.5. The standard InChI is InChI=1S/C36H40ClN3O6/c1-24(42)29-16-15-27(37)21-31(29)30(17-18-41)33(45-6)23-40(5)32(20-25-11-8-7-9-12-25)34(43)39-28-14-10-13-26(19-28)22-38-35(44)46-36(2,3)4/h7-19,21,23,32H,20,22H2,1-6H3,(H,38,44)(H,39,43)/b30-17-,33-23+. The van der Waals surface area contributed by atoms with Gasteiger partial charge in [-0.2, -0.15) is 0 Å². The summed E-state index contributed by atoms with van der Waals surface area (Å²) < 4.78 is 11.0. The summed E-state index contributed by atoms with van der Waals surface area (Å²) in [5.41, 5.74) is 2.74. The number of alkyl carbamates (subject to hydrolysis) is 1. The van der Waals surface area contributed by atoms with Gasteiger partial charge in [0.15, 0.2) is 5.78 Å². The Kier molecular flexibility index (Phi) is 12.7. The number of rotatable bonds is 13. The van der Waals surface area contributed by atoms with E-state index in [1.165, 1.54) is 20.1 Å². The van der Waals surface area contributed by atoms with Gasteiger partial charge in [-0.25, -0.2) is 4.79 Å². The second kappa shape index (κ2) is 16.4. The number of likely N-dealkylation sites (N-methyl/N-ethyl adjacent to an activating group) is 1.